The number of amides is 1. The first kappa shape index (κ1) is 20.0. The Morgan fingerprint density at radius 3 is 2.50 bits per heavy atom. The van der Waals surface area contributed by atoms with Crippen LogP contribution in [-0.4, -0.2) is 41.6 Å². The van der Waals surface area contributed by atoms with Gasteiger partial charge in [0.2, 0.25) is 0 Å². The van der Waals surface area contributed by atoms with Crippen molar-refractivity contribution >= 4 is 11.9 Å². The van der Waals surface area contributed by atoms with Crippen molar-refractivity contribution in [1.29, 1.82) is 0 Å². The molecule has 1 aliphatic heterocycles. The number of hydrogen-bond acceptors (Lipinski definition) is 3. The summed E-state index contributed by atoms with van der Waals surface area (Å²) < 4.78 is 20.4. The largest absolute Gasteiger partial charge is 0.444 e. The Morgan fingerprint density at radius 2 is 1.96 bits per heavy atom. The molecule has 1 aliphatic rings. The SMILES string of the molecule is CC(=O)CC1(C#Cc2ccccc2)CCN(C(=O)OC(C)(C)C)CC1F. The number of ketones is 1. The van der Waals surface area contributed by atoms with Gasteiger partial charge in [-0.2, -0.15) is 0 Å². The summed E-state index contributed by atoms with van der Waals surface area (Å²) in [5, 5.41) is 0. The van der Waals surface area contributed by atoms with E-state index >= 15 is 4.39 Å². The molecule has 4 nitrogen and oxygen atoms in total. The van der Waals surface area contributed by atoms with Crippen molar-refractivity contribution in [2.45, 2.75) is 52.3 Å². The maximum absolute atomic E-state index is 15.1. The summed E-state index contributed by atoms with van der Waals surface area (Å²) >= 11 is 0. The van der Waals surface area contributed by atoms with E-state index in [1.165, 1.54) is 11.8 Å². The molecule has 1 aromatic rings. The van der Waals surface area contributed by atoms with Crippen molar-refractivity contribution in [2.24, 2.45) is 5.41 Å². The first-order chi connectivity index (χ1) is 12.1. The molecular formula is C21H26FNO3. The molecule has 5 heteroatoms. The van der Waals surface area contributed by atoms with Crippen molar-refractivity contribution in [3.8, 4) is 11.8 Å². The minimum atomic E-state index is -1.41. The molecule has 0 bridgehead atoms. The Kier molecular flexibility index (Phi) is 6.07. The number of carbonyl (C=O) groups is 2. The van der Waals surface area contributed by atoms with Gasteiger partial charge in [0.25, 0.3) is 0 Å². The highest BCUT2D eigenvalue weighted by Gasteiger charge is 2.45. The van der Waals surface area contributed by atoms with Crippen LogP contribution in [0.2, 0.25) is 0 Å². The van der Waals surface area contributed by atoms with Gasteiger partial charge in [0.1, 0.15) is 17.6 Å². The third-order valence-electron chi connectivity index (χ3n) is 4.25. The highest BCUT2D eigenvalue weighted by molar-refractivity contribution is 5.77. The van der Waals surface area contributed by atoms with E-state index in [4.69, 9.17) is 4.74 Å². The van der Waals surface area contributed by atoms with E-state index < -0.39 is 23.3 Å². The van der Waals surface area contributed by atoms with Crippen LogP contribution in [0, 0.1) is 17.3 Å². The molecule has 2 unspecified atom stereocenters. The summed E-state index contributed by atoms with van der Waals surface area (Å²) in [6.45, 7) is 6.95. The number of rotatable bonds is 2. The molecule has 1 aromatic carbocycles. The number of alkyl halides is 1. The minimum Gasteiger partial charge on any atom is -0.444 e. The average Bonchev–Trinajstić information content (AvgIpc) is 2.54. The molecule has 2 atom stereocenters. The summed E-state index contributed by atoms with van der Waals surface area (Å²) in [4.78, 5) is 25.3. The number of nitrogens with zero attached hydrogens (tertiary/aromatic N) is 1. The lowest BCUT2D eigenvalue weighted by molar-refractivity contribution is -0.120. The molecule has 1 heterocycles. The second kappa shape index (κ2) is 7.90. The summed E-state index contributed by atoms with van der Waals surface area (Å²) in [7, 11) is 0. The molecule has 0 saturated carbocycles. The molecule has 0 aliphatic carbocycles. The van der Waals surface area contributed by atoms with Crippen LogP contribution in [-0.2, 0) is 9.53 Å². The summed E-state index contributed by atoms with van der Waals surface area (Å²) in [6.07, 6.45) is -1.61. The standard InChI is InChI=1S/C21H26FNO3/c1-16(24)14-21(11-10-17-8-6-5-7-9-17)12-13-23(15-18(21)22)19(25)26-20(2,3)4/h5-9,18H,12-15H2,1-4H3. The molecule has 0 spiro atoms. The molecule has 0 aromatic heterocycles. The Labute approximate surface area is 154 Å². The number of Topliss-reactive ketones (excluding diaryl/α,β-unsaturated/α-hetero) is 1. The second-order valence-electron chi connectivity index (χ2n) is 7.79. The number of piperidine rings is 1. The first-order valence-corrected chi connectivity index (χ1v) is 8.81. The van der Waals surface area contributed by atoms with Crippen LogP contribution >= 0.6 is 0 Å². The average molecular weight is 359 g/mol. The van der Waals surface area contributed by atoms with Gasteiger partial charge in [-0.1, -0.05) is 30.0 Å². The van der Waals surface area contributed by atoms with Crippen LogP contribution in [0.3, 0.4) is 0 Å². The maximum Gasteiger partial charge on any atom is 0.410 e. The van der Waals surface area contributed by atoms with Crippen LogP contribution in [0.15, 0.2) is 30.3 Å². The van der Waals surface area contributed by atoms with Crippen molar-refractivity contribution in [3.05, 3.63) is 35.9 Å². The molecule has 140 valence electrons. The van der Waals surface area contributed by atoms with Crippen molar-refractivity contribution in [2.75, 3.05) is 13.1 Å². The predicted molar refractivity (Wildman–Crippen MR) is 98.4 cm³/mol. The molecule has 1 fully saturated rings. The summed E-state index contributed by atoms with van der Waals surface area (Å²) in [6, 6.07) is 9.29. The maximum atomic E-state index is 15.1. The molecule has 26 heavy (non-hydrogen) atoms. The third kappa shape index (κ3) is 5.32. The quantitative estimate of drug-likeness (QED) is 0.751. The van der Waals surface area contributed by atoms with E-state index in [9.17, 15) is 9.59 Å². The molecule has 0 radical (unpaired) electrons. The fraction of sp³-hybridized carbons (Fsp3) is 0.524. The molecule has 1 saturated heterocycles. The smallest absolute Gasteiger partial charge is 0.410 e. The Balaban J connectivity index is 2.20. The molecule has 1 amide bonds. The number of carbonyl (C=O) groups excluding carboxylic acids is 2. The van der Waals surface area contributed by atoms with Gasteiger partial charge in [0, 0.05) is 18.5 Å². The van der Waals surface area contributed by atoms with Crippen molar-refractivity contribution in [3.63, 3.8) is 0 Å². The van der Waals surface area contributed by atoms with Crippen LogP contribution in [0.25, 0.3) is 0 Å². The fourth-order valence-corrected chi connectivity index (χ4v) is 2.99. The van der Waals surface area contributed by atoms with Gasteiger partial charge in [-0.15, -0.1) is 0 Å². The zero-order chi connectivity index (χ0) is 19.4. The van der Waals surface area contributed by atoms with Crippen LogP contribution in [0.5, 0.6) is 0 Å². The Hall–Kier alpha value is -2.35. The lowest BCUT2D eigenvalue weighted by Crippen LogP contribution is -2.52. The number of benzene rings is 1. The van der Waals surface area contributed by atoms with Gasteiger partial charge in [0.15, 0.2) is 0 Å². The zero-order valence-corrected chi connectivity index (χ0v) is 15.8. The minimum absolute atomic E-state index is 0.0379. The predicted octanol–water partition coefficient (Wildman–Crippen LogP) is 3.98. The topological polar surface area (TPSA) is 46.6 Å². The van der Waals surface area contributed by atoms with Gasteiger partial charge in [0.05, 0.1) is 12.0 Å². The number of ether oxygens (including phenoxy) is 1. The highest BCUT2D eigenvalue weighted by Crippen LogP contribution is 2.37. The van der Waals surface area contributed by atoms with Crippen LogP contribution < -0.4 is 0 Å². The number of likely N-dealkylation sites (tertiary alicyclic amines) is 1. The monoisotopic (exact) mass is 359 g/mol. The highest BCUT2D eigenvalue weighted by atomic mass is 19.1. The lowest BCUT2D eigenvalue weighted by Gasteiger charge is -2.41. The van der Waals surface area contributed by atoms with Gasteiger partial charge in [-0.3, -0.25) is 4.79 Å². The number of halogens is 1. The number of hydrogen-bond donors (Lipinski definition) is 0. The lowest BCUT2D eigenvalue weighted by atomic mass is 9.73. The summed E-state index contributed by atoms with van der Waals surface area (Å²) in [5.74, 6) is 5.90. The van der Waals surface area contributed by atoms with E-state index in [-0.39, 0.29) is 18.7 Å². The zero-order valence-electron chi connectivity index (χ0n) is 15.8. The fourth-order valence-electron chi connectivity index (χ4n) is 2.99. The van der Waals surface area contributed by atoms with Crippen molar-refractivity contribution in [1.82, 2.24) is 4.90 Å². The van der Waals surface area contributed by atoms with Gasteiger partial charge in [-0.25, -0.2) is 9.18 Å². The second-order valence-corrected chi connectivity index (χ2v) is 7.79. The molecule has 2 rings (SSSR count). The van der Waals surface area contributed by atoms with Gasteiger partial charge >= 0.3 is 6.09 Å². The van der Waals surface area contributed by atoms with E-state index in [1.54, 1.807) is 20.8 Å². The first-order valence-electron chi connectivity index (χ1n) is 8.81. The molecule has 0 N–H and O–H groups in total. The normalized spacial score (nSPS) is 23.0. The third-order valence-corrected chi connectivity index (χ3v) is 4.25. The van der Waals surface area contributed by atoms with Crippen LogP contribution in [0.4, 0.5) is 9.18 Å². The van der Waals surface area contributed by atoms with E-state index in [0.717, 1.165) is 5.56 Å². The van der Waals surface area contributed by atoms with E-state index in [1.807, 2.05) is 30.3 Å². The molecular weight excluding hydrogens is 333 g/mol. The van der Waals surface area contributed by atoms with Crippen molar-refractivity contribution < 1.29 is 18.7 Å². The Bertz CT molecular complexity index is 714. The Morgan fingerprint density at radius 1 is 1.31 bits per heavy atom. The van der Waals surface area contributed by atoms with E-state index in [2.05, 4.69) is 11.8 Å². The van der Waals surface area contributed by atoms with Crippen LogP contribution in [0.1, 0.15) is 46.1 Å². The van der Waals surface area contributed by atoms with E-state index in [0.29, 0.717) is 13.0 Å². The van der Waals surface area contributed by atoms with Gasteiger partial charge in [-0.05, 0) is 46.2 Å². The van der Waals surface area contributed by atoms with Gasteiger partial charge < -0.3 is 9.64 Å². The summed E-state index contributed by atoms with van der Waals surface area (Å²) in [5.41, 5.74) is -0.929.